The molecular weight excluding hydrogens is 274 g/mol. The van der Waals surface area contributed by atoms with E-state index < -0.39 is 16.1 Å². The van der Waals surface area contributed by atoms with Crippen molar-refractivity contribution in [3.05, 3.63) is 12.3 Å². The molecule has 0 radical (unpaired) electrons. The van der Waals surface area contributed by atoms with Crippen LogP contribution in [-0.2, 0) is 0 Å². The normalized spacial score (nSPS) is 15.5. The molecule has 0 fully saturated rings. The molecule has 3 heteroatoms. The van der Waals surface area contributed by atoms with E-state index >= 15 is 0 Å². The highest BCUT2D eigenvalue weighted by Gasteiger charge is 2.53. The summed E-state index contributed by atoms with van der Waals surface area (Å²) in [5.74, 6) is 0. The Morgan fingerprint density at radius 2 is 1.15 bits per heavy atom. The predicted molar refractivity (Wildman–Crippen MR) is 101 cm³/mol. The maximum atomic E-state index is 4.20. The van der Waals surface area contributed by atoms with Crippen LogP contribution < -0.4 is 5.32 Å². The molecule has 0 amide bonds. The second kappa shape index (κ2) is 7.41. The van der Waals surface area contributed by atoms with Crippen LogP contribution in [0.1, 0.15) is 55.4 Å². The van der Waals surface area contributed by atoms with Gasteiger partial charge in [0.2, 0.25) is 0 Å². The van der Waals surface area contributed by atoms with E-state index in [-0.39, 0.29) is 0 Å². The monoisotopic (exact) mass is 313 g/mol. The molecule has 1 N–H and O–H groups in total. The van der Waals surface area contributed by atoms with Crippen molar-refractivity contribution in [2.24, 2.45) is 0 Å². The zero-order chi connectivity index (χ0) is 16.3. The van der Waals surface area contributed by atoms with Crippen LogP contribution in [0.5, 0.6) is 0 Å². The lowest BCUT2D eigenvalue weighted by Crippen LogP contribution is -2.71. The highest BCUT2D eigenvalue weighted by Crippen LogP contribution is 2.46. The van der Waals surface area contributed by atoms with E-state index in [9.17, 15) is 0 Å². The van der Waals surface area contributed by atoms with E-state index in [1.165, 1.54) is 0 Å². The number of hydrogen-bond acceptors (Lipinski definition) is 1. The van der Waals surface area contributed by atoms with E-state index in [0.29, 0.717) is 11.3 Å². The van der Waals surface area contributed by atoms with Gasteiger partial charge >= 0.3 is 0 Å². The van der Waals surface area contributed by atoms with Crippen LogP contribution in [0.3, 0.4) is 0 Å². The molecular formula is C17H39NSi2. The Morgan fingerprint density at radius 1 is 0.800 bits per heavy atom. The average Bonchev–Trinajstić information content (AvgIpc) is 2.26. The summed E-state index contributed by atoms with van der Waals surface area (Å²) in [6, 6.07) is 0.551. The van der Waals surface area contributed by atoms with Crippen LogP contribution >= 0.6 is 0 Å². The lowest BCUT2D eigenvalue weighted by Gasteiger charge is -2.54. The molecule has 20 heavy (non-hydrogen) atoms. The average molecular weight is 314 g/mol. The maximum Gasteiger partial charge on any atom is 0.0855 e. The van der Waals surface area contributed by atoms with Gasteiger partial charge in [0.05, 0.1) is 16.1 Å². The first-order chi connectivity index (χ1) is 8.94. The Balaban J connectivity index is 6.06. The third-order valence-corrected chi connectivity index (χ3v) is 18.9. The molecule has 0 aromatic carbocycles. The van der Waals surface area contributed by atoms with Gasteiger partial charge in [0.25, 0.3) is 0 Å². The fourth-order valence-corrected chi connectivity index (χ4v) is 20.6. The summed E-state index contributed by atoms with van der Waals surface area (Å²) in [7, 11) is -2.98. The van der Waals surface area contributed by atoms with Crippen LogP contribution in [-0.4, -0.2) is 27.5 Å². The van der Waals surface area contributed by atoms with E-state index in [2.05, 4.69) is 86.1 Å². The molecule has 1 atom stereocenters. The molecule has 120 valence electrons. The topological polar surface area (TPSA) is 12.0 Å². The second-order valence-electron chi connectivity index (χ2n) is 8.24. The van der Waals surface area contributed by atoms with E-state index in [1.54, 1.807) is 0 Å². The van der Waals surface area contributed by atoms with Gasteiger partial charge in [-0.2, -0.15) is 0 Å². The molecule has 0 aliphatic rings. The van der Waals surface area contributed by atoms with Crippen molar-refractivity contribution in [1.82, 2.24) is 5.32 Å². The zero-order valence-electron chi connectivity index (χ0n) is 15.7. The Kier molecular flexibility index (Phi) is 7.46. The number of nitrogens with one attached hydrogen (secondary N) is 1. The highest BCUT2D eigenvalue weighted by atomic mass is 28.4. The molecule has 0 heterocycles. The summed E-state index contributed by atoms with van der Waals surface area (Å²) in [6.45, 7) is 28.6. The maximum absolute atomic E-state index is 4.20. The molecule has 0 aromatic heterocycles. The van der Waals surface area contributed by atoms with Gasteiger partial charge in [-0.3, -0.25) is 0 Å². The molecule has 0 aliphatic carbocycles. The third-order valence-electron chi connectivity index (χ3n) is 5.27. The predicted octanol–water partition coefficient (Wildman–Crippen LogP) is 5.54. The quantitative estimate of drug-likeness (QED) is 0.580. The summed E-state index contributed by atoms with van der Waals surface area (Å²) in [5.41, 5.74) is 4.70. The minimum atomic E-state index is -1.50. The SMILES string of the molecule is C=C[Si](C)(C)C(NC(C)C)[Si](C(C)C)(C(C)C)C(C)C. The summed E-state index contributed by atoms with van der Waals surface area (Å²) in [6.07, 6.45) is 0. The molecule has 0 saturated carbocycles. The molecule has 0 aromatic rings. The first-order valence-electron chi connectivity index (χ1n) is 8.34. The Bertz CT molecular complexity index is 284. The van der Waals surface area contributed by atoms with Crippen LogP contribution in [0.4, 0.5) is 0 Å². The van der Waals surface area contributed by atoms with Crippen LogP contribution in [0.15, 0.2) is 12.3 Å². The van der Waals surface area contributed by atoms with Gasteiger partial charge in [0.1, 0.15) is 0 Å². The zero-order valence-corrected chi connectivity index (χ0v) is 17.7. The van der Waals surface area contributed by atoms with Crippen molar-refractivity contribution < 1.29 is 0 Å². The fraction of sp³-hybridized carbons (Fsp3) is 0.882. The van der Waals surface area contributed by atoms with Crippen LogP contribution in [0.25, 0.3) is 0 Å². The summed E-state index contributed by atoms with van der Waals surface area (Å²) < 4.78 is 0. The first-order valence-corrected chi connectivity index (χ1v) is 13.8. The Hall–Kier alpha value is 0.134. The molecule has 0 saturated heterocycles. The van der Waals surface area contributed by atoms with Crippen molar-refractivity contribution in [3.8, 4) is 0 Å². The van der Waals surface area contributed by atoms with E-state index in [0.717, 1.165) is 16.6 Å². The Labute approximate surface area is 130 Å². The number of hydrogen-bond donors (Lipinski definition) is 1. The highest BCUT2D eigenvalue weighted by molar-refractivity contribution is 7.02. The smallest absolute Gasteiger partial charge is 0.0855 e. The van der Waals surface area contributed by atoms with Crippen molar-refractivity contribution in [2.75, 3.05) is 0 Å². The lowest BCUT2D eigenvalue weighted by atomic mass is 10.4. The van der Waals surface area contributed by atoms with Gasteiger partial charge in [-0.05, 0) is 16.6 Å². The molecule has 0 rings (SSSR count). The fourth-order valence-electron chi connectivity index (χ4n) is 4.45. The third kappa shape index (κ3) is 3.86. The first kappa shape index (κ1) is 20.1. The van der Waals surface area contributed by atoms with Gasteiger partial charge in [-0.1, -0.05) is 68.5 Å². The van der Waals surface area contributed by atoms with Crippen LogP contribution in [0, 0.1) is 0 Å². The summed E-state index contributed by atoms with van der Waals surface area (Å²) in [4.78, 5) is 0. The molecule has 0 bridgehead atoms. The van der Waals surface area contributed by atoms with Gasteiger partial charge in [0.15, 0.2) is 0 Å². The van der Waals surface area contributed by atoms with E-state index in [4.69, 9.17) is 0 Å². The molecule has 1 unspecified atom stereocenters. The largest absolute Gasteiger partial charge is 0.317 e. The molecule has 0 spiro atoms. The summed E-state index contributed by atoms with van der Waals surface area (Å²) in [5, 5.41) is 4.71. The minimum Gasteiger partial charge on any atom is -0.317 e. The summed E-state index contributed by atoms with van der Waals surface area (Å²) >= 11 is 0. The molecule has 1 nitrogen and oxygen atoms in total. The van der Waals surface area contributed by atoms with Gasteiger partial charge in [-0.25, -0.2) is 0 Å². The van der Waals surface area contributed by atoms with Crippen LogP contribution in [0.2, 0.25) is 29.7 Å². The molecule has 0 aliphatic heterocycles. The van der Waals surface area contributed by atoms with E-state index in [1.807, 2.05) is 0 Å². The standard InChI is InChI=1S/C17H39NSi2/c1-12-19(10,11)17(18-13(2)3)20(14(4)5,15(6)7)16(8)9/h12-18H,1H2,2-11H3. The minimum absolute atomic E-state index is 0.551. The van der Waals surface area contributed by atoms with Crippen molar-refractivity contribution >= 4 is 16.1 Å². The van der Waals surface area contributed by atoms with Gasteiger partial charge in [0, 0.05) is 11.3 Å². The van der Waals surface area contributed by atoms with Crippen molar-refractivity contribution in [1.29, 1.82) is 0 Å². The Morgan fingerprint density at radius 3 is 1.35 bits per heavy atom. The lowest BCUT2D eigenvalue weighted by molar-refractivity contribution is 0.585. The van der Waals surface area contributed by atoms with Crippen molar-refractivity contribution in [3.63, 3.8) is 0 Å². The van der Waals surface area contributed by atoms with Crippen molar-refractivity contribution in [2.45, 2.75) is 96.4 Å². The van der Waals surface area contributed by atoms with Gasteiger partial charge < -0.3 is 5.32 Å². The second-order valence-corrected chi connectivity index (χ2v) is 19.5. The van der Waals surface area contributed by atoms with Gasteiger partial charge in [-0.15, -0.1) is 12.3 Å². The number of rotatable bonds is 8.